The van der Waals surface area contributed by atoms with E-state index in [0.717, 1.165) is 18.2 Å². The van der Waals surface area contributed by atoms with Crippen LogP contribution in [0.15, 0.2) is 18.2 Å². The number of carbonyl (C=O) groups excluding carboxylic acids is 1. The number of ether oxygens (including phenoxy) is 2. The monoisotopic (exact) mass is 298 g/mol. The van der Waals surface area contributed by atoms with Crippen LogP contribution >= 0.6 is 0 Å². The Hall–Kier alpha value is -1.33. The van der Waals surface area contributed by atoms with Crippen molar-refractivity contribution in [2.75, 3.05) is 13.2 Å². The number of Topliss-reactive ketones (excluding diaryl/α,β-unsaturated/α-hetero) is 1. The minimum Gasteiger partial charge on any atom is -0.352 e. The molecule has 0 atom stereocenters. The number of hydrogen-bond donors (Lipinski definition) is 0. The molecule has 0 aromatic heterocycles. The number of rotatable bonds is 5. The van der Waals surface area contributed by atoms with Crippen LogP contribution in [0.1, 0.15) is 43.5 Å². The molecule has 0 amide bonds. The van der Waals surface area contributed by atoms with Crippen molar-refractivity contribution in [3.63, 3.8) is 0 Å². The molecule has 21 heavy (non-hydrogen) atoms. The van der Waals surface area contributed by atoms with Gasteiger partial charge in [-0.15, -0.1) is 0 Å². The van der Waals surface area contributed by atoms with Gasteiger partial charge in [0.15, 0.2) is 12.1 Å². The van der Waals surface area contributed by atoms with Gasteiger partial charge >= 0.3 is 0 Å². The molecule has 1 aromatic carbocycles. The summed E-state index contributed by atoms with van der Waals surface area (Å²) >= 11 is 0. The summed E-state index contributed by atoms with van der Waals surface area (Å²) < 4.78 is 37.6. The molecule has 5 heteroatoms. The molecule has 0 radical (unpaired) electrons. The Kier molecular flexibility index (Phi) is 5.06. The molecule has 0 unspecified atom stereocenters. The largest absolute Gasteiger partial charge is 0.352 e. The van der Waals surface area contributed by atoms with E-state index in [-0.39, 0.29) is 23.7 Å². The van der Waals surface area contributed by atoms with Gasteiger partial charge in [-0.1, -0.05) is 13.8 Å². The van der Waals surface area contributed by atoms with Crippen LogP contribution in [-0.2, 0) is 9.47 Å². The van der Waals surface area contributed by atoms with Gasteiger partial charge in [0.1, 0.15) is 11.6 Å². The van der Waals surface area contributed by atoms with E-state index in [1.165, 1.54) is 0 Å². The SMILES string of the molecule is CC1(C)COC(CCCC(=O)c2cc(F)ccc2F)OC1. The molecule has 1 saturated heterocycles. The molecule has 3 nitrogen and oxygen atoms in total. The molecule has 116 valence electrons. The molecular weight excluding hydrogens is 278 g/mol. The summed E-state index contributed by atoms with van der Waals surface area (Å²) in [7, 11) is 0. The van der Waals surface area contributed by atoms with Gasteiger partial charge in [0.05, 0.1) is 18.8 Å². The van der Waals surface area contributed by atoms with E-state index in [1.807, 2.05) is 0 Å². The molecule has 1 aliphatic heterocycles. The summed E-state index contributed by atoms with van der Waals surface area (Å²) in [4.78, 5) is 11.9. The molecule has 1 heterocycles. The second-order valence-electron chi connectivity index (χ2n) is 6.16. The Morgan fingerprint density at radius 1 is 1.29 bits per heavy atom. The Bertz CT molecular complexity index is 504. The van der Waals surface area contributed by atoms with Gasteiger partial charge in [-0.25, -0.2) is 8.78 Å². The number of ketones is 1. The van der Waals surface area contributed by atoms with Crippen molar-refractivity contribution in [3.05, 3.63) is 35.4 Å². The summed E-state index contributed by atoms with van der Waals surface area (Å²) in [6.45, 7) is 5.34. The summed E-state index contributed by atoms with van der Waals surface area (Å²) in [5.41, 5.74) is -0.182. The Labute approximate surface area is 123 Å². The van der Waals surface area contributed by atoms with Crippen LogP contribution in [0.25, 0.3) is 0 Å². The average molecular weight is 298 g/mol. The summed E-state index contributed by atoms with van der Waals surface area (Å²) in [6.07, 6.45) is 0.911. The summed E-state index contributed by atoms with van der Waals surface area (Å²) in [6, 6.07) is 2.91. The fraction of sp³-hybridized carbons (Fsp3) is 0.562. The highest BCUT2D eigenvalue weighted by molar-refractivity contribution is 5.96. The third kappa shape index (κ3) is 4.58. The molecule has 0 bridgehead atoms. The first kappa shape index (κ1) is 16.0. The topological polar surface area (TPSA) is 35.5 Å². The van der Waals surface area contributed by atoms with E-state index in [9.17, 15) is 13.6 Å². The molecule has 1 aliphatic rings. The average Bonchev–Trinajstić information content (AvgIpc) is 2.43. The Morgan fingerprint density at radius 2 is 1.95 bits per heavy atom. The van der Waals surface area contributed by atoms with Crippen molar-refractivity contribution >= 4 is 5.78 Å². The molecule has 0 spiro atoms. The van der Waals surface area contributed by atoms with Crippen molar-refractivity contribution in [2.45, 2.75) is 39.4 Å². The lowest BCUT2D eigenvalue weighted by Crippen LogP contribution is -2.37. The van der Waals surface area contributed by atoms with E-state index in [2.05, 4.69) is 13.8 Å². The third-order valence-corrected chi connectivity index (χ3v) is 3.39. The lowest BCUT2D eigenvalue weighted by molar-refractivity contribution is -0.223. The zero-order valence-electron chi connectivity index (χ0n) is 12.3. The van der Waals surface area contributed by atoms with Gasteiger partial charge in [0, 0.05) is 11.8 Å². The first-order valence-electron chi connectivity index (χ1n) is 7.09. The lowest BCUT2D eigenvalue weighted by Gasteiger charge is -2.34. The molecule has 1 aromatic rings. The number of carbonyl (C=O) groups is 1. The van der Waals surface area contributed by atoms with Crippen molar-refractivity contribution in [3.8, 4) is 0 Å². The van der Waals surface area contributed by atoms with Crippen LogP contribution in [0.4, 0.5) is 8.78 Å². The van der Waals surface area contributed by atoms with Crippen LogP contribution in [-0.4, -0.2) is 25.3 Å². The van der Waals surface area contributed by atoms with Gasteiger partial charge in [0.25, 0.3) is 0 Å². The van der Waals surface area contributed by atoms with E-state index in [4.69, 9.17) is 9.47 Å². The summed E-state index contributed by atoms with van der Waals surface area (Å²) in [5.74, 6) is -1.70. The fourth-order valence-corrected chi connectivity index (χ4v) is 2.17. The van der Waals surface area contributed by atoms with Gasteiger partial charge in [-0.2, -0.15) is 0 Å². The van der Waals surface area contributed by atoms with Gasteiger partial charge < -0.3 is 9.47 Å². The third-order valence-electron chi connectivity index (χ3n) is 3.39. The normalized spacial score (nSPS) is 18.7. The van der Waals surface area contributed by atoms with Gasteiger partial charge in [-0.3, -0.25) is 4.79 Å². The van der Waals surface area contributed by atoms with Crippen molar-refractivity contribution in [1.29, 1.82) is 0 Å². The van der Waals surface area contributed by atoms with Crippen LogP contribution in [0.3, 0.4) is 0 Å². The van der Waals surface area contributed by atoms with E-state index >= 15 is 0 Å². The highest BCUT2D eigenvalue weighted by Crippen LogP contribution is 2.25. The maximum Gasteiger partial charge on any atom is 0.165 e. The predicted octanol–water partition coefficient (Wildman–Crippen LogP) is 3.72. The number of benzene rings is 1. The van der Waals surface area contributed by atoms with Crippen molar-refractivity contribution < 1.29 is 23.0 Å². The molecule has 0 N–H and O–H groups in total. The Morgan fingerprint density at radius 3 is 2.62 bits per heavy atom. The van der Waals surface area contributed by atoms with Crippen molar-refractivity contribution in [2.24, 2.45) is 5.41 Å². The molecule has 2 rings (SSSR count). The maximum absolute atomic E-state index is 13.5. The first-order chi connectivity index (χ1) is 9.87. The molecule has 1 fully saturated rings. The zero-order chi connectivity index (χ0) is 15.5. The van der Waals surface area contributed by atoms with Crippen LogP contribution in [0.2, 0.25) is 0 Å². The van der Waals surface area contributed by atoms with Crippen LogP contribution in [0.5, 0.6) is 0 Å². The Balaban J connectivity index is 1.78. The second-order valence-corrected chi connectivity index (χ2v) is 6.16. The highest BCUT2D eigenvalue weighted by Gasteiger charge is 2.28. The minimum absolute atomic E-state index is 0.0109. The van der Waals surface area contributed by atoms with E-state index in [1.54, 1.807) is 0 Å². The predicted molar refractivity (Wildman–Crippen MR) is 74.0 cm³/mol. The summed E-state index contributed by atoms with van der Waals surface area (Å²) in [5, 5.41) is 0. The van der Waals surface area contributed by atoms with Crippen LogP contribution in [0, 0.1) is 17.0 Å². The number of hydrogen-bond acceptors (Lipinski definition) is 3. The zero-order valence-corrected chi connectivity index (χ0v) is 12.3. The van der Waals surface area contributed by atoms with E-state index < -0.39 is 17.4 Å². The molecule has 0 saturated carbocycles. The van der Waals surface area contributed by atoms with Gasteiger partial charge in [0.2, 0.25) is 0 Å². The molecular formula is C16H20F2O3. The maximum atomic E-state index is 13.5. The second kappa shape index (κ2) is 6.62. The smallest absolute Gasteiger partial charge is 0.165 e. The van der Waals surface area contributed by atoms with Crippen molar-refractivity contribution in [1.82, 2.24) is 0 Å². The van der Waals surface area contributed by atoms with E-state index in [0.29, 0.717) is 26.1 Å². The number of halogens is 2. The van der Waals surface area contributed by atoms with Gasteiger partial charge in [-0.05, 0) is 31.0 Å². The fourth-order valence-electron chi connectivity index (χ4n) is 2.17. The standard InChI is InChI=1S/C16H20F2O3/c1-16(2)9-20-15(21-10-16)5-3-4-14(19)12-8-11(17)6-7-13(12)18/h6-8,15H,3-5,9-10H2,1-2H3. The highest BCUT2D eigenvalue weighted by atomic mass is 19.1. The molecule has 0 aliphatic carbocycles. The van der Waals surface area contributed by atoms with Crippen LogP contribution < -0.4 is 0 Å². The quantitative estimate of drug-likeness (QED) is 0.777. The first-order valence-corrected chi connectivity index (χ1v) is 7.09. The lowest BCUT2D eigenvalue weighted by atomic mass is 9.95. The minimum atomic E-state index is -0.687.